The Kier molecular flexibility index (Phi) is 5.60. The van der Waals surface area contributed by atoms with Crippen LogP contribution >= 0.6 is 11.8 Å². The number of thiocyanates is 1. The average Bonchev–Trinajstić information content (AvgIpc) is 1.98. The molecule has 0 N–H and O–H groups in total. The van der Waals surface area contributed by atoms with Gasteiger partial charge in [0.1, 0.15) is 5.40 Å². The quantitative estimate of drug-likeness (QED) is 0.350. The zero-order valence-electron chi connectivity index (χ0n) is 5.71. The van der Waals surface area contributed by atoms with Crippen LogP contribution in [0.1, 0.15) is 6.42 Å². The van der Waals surface area contributed by atoms with Gasteiger partial charge in [-0.25, -0.2) is 0 Å². The van der Waals surface area contributed by atoms with Gasteiger partial charge in [0, 0.05) is 0 Å². The summed E-state index contributed by atoms with van der Waals surface area (Å²) in [5.74, 6) is 0. The number of nitrogens with zero attached hydrogens (tertiary/aromatic N) is 1. The van der Waals surface area contributed by atoms with Crippen molar-refractivity contribution < 1.29 is 0 Å². The third-order valence-electron chi connectivity index (χ3n) is 0.905. The number of allylic oxidation sites excluding steroid dienone is 3. The lowest BCUT2D eigenvalue weighted by Gasteiger charge is -1.91. The van der Waals surface area contributed by atoms with E-state index >= 15 is 0 Å². The van der Waals surface area contributed by atoms with E-state index in [1.165, 1.54) is 0 Å². The van der Waals surface area contributed by atoms with Crippen molar-refractivity contribution >= 4 is 11.8 Å². The first kappa shape index (κ1) is 9.06. The Hall–Kier alpha value is -0.940. The molecule has 0 bridgehead atoms. The third-order valence-corrected chi connectivity index (χ3v) is 1.43. The van der Waals surface area contributed by atoms with Crippen LogP contribution in [0.15, 0.2) is 36.3 Å². The molecule has 0 aliphatic rings. The van der Waals surface area contributed by atoms with Crippen LogP contribution in [0.4, 0.5) is 0 Å². The molecule has 0 saturated heterocycles. The van der Waals surface area contributed by atoms with E-state index in [-0.39, 0.29) is 0 Å². The Morgan fingerprint density at radius 1 is 1.60 bits per heavy atom. The van der Waals surface area contributed by atoms with Crippen LogP contribution in [0.3, 0.4) is 0 Å². The van der Waals surface area contributed by atoms with E-state index in [1.54, 1.807) is 17.6 Å². The number of hydrogen-bond donors (Lipinski definition) is 0. The minimum absolute atomic E-state index is 0.776. The zero-order valence-corrected chi connectivity index (χ0v) is 6.53. The maximum absolute atomic E-state index is 8.19. The minimum Gasteiger partial charge on any atom is -0.185 e. The van der Waals surface area contributed by atoms with Crippen LogP contribution in [0.25, 0.3) is 0 Å². The fourth-order valence-electron chi connectivity index (χ4n) is 0.448. The van der Waals surface area contributed by atoms with Gasteiger partial charge >= 0.3 is 0 Å². The smallest absolute Gasteiger partial charge is 0.137 e. The largest absolute Gasteiger partial charge is 0.185 e. The molecule has 0 atom stereocenters. The molecular formula is C8H9NS. The Balaban J connectivity index is 3.92. The summed E-state index contributed by atoms with van der Waals surface area (Å²) in [5, 5.41) is 11.9. The molecule has 0 spiro atoms. The topological polar surface area (TPSA) is 23.8 Å². The highest BCUT2D eigenvalue weighted by Gasteiger charge is 1.85. The van der Waals surface area contributed by atoms with Gasteiger partial charge in [-0.3, -0.25) is 0 Å². The number of nitriles is 1. The predicted octanol–water partition coefficient (Wildman–Crippen LogP) is 2.85. The molecule has 0 aromatic rings. The minimum atomic E-state index is 0.776. The van der Waals surface area contributed by atoms with Gasteiger partial charge in [-0.05, 0) is 29.2 Å². The lowest BCUT2D eigenvalue weighted by molar-refractivity contribution is 1.31. The highest BCUT2D eigenvalue weighted by atomic mass is 32.2. The summed E-state index contributed by atoms with van der Waals surface area (Å²) in [6.07, 6.45) is 4.29. The van der Waals surface area contributed by atoms with Crippen molar-refractivity contribution in [2.75, 3.05) is 0 Å². The molecule has 10 heavy (non-hydrogen) atoms. The van der Waals surface area contributed by atoms with E-state index in [0.29, 0.717) is 0 Å². The van der Waals surface area contributed by atoms with Crippen LogP contribution in [-0.4, -0.2) is 0 Å². The van der Waals surface area contributed by atoms with Crippen LogP contribution < -0.4 is 0 Å². The molecule has 0 radical (unpaired) electrons. The van der Waals surface area contributed by atoms with Crippen molar-refractivity contribution in [1.29, 1.82) is 5.26 Å². The molecule has 0 aromatic heterocycles. The number of rotatable bonds is 4. The Bertz CT molecular complexity index is 186. The number of hydrogen-bond acceptors (Lipinski definition) is 2. The average molecular weight is 151 g/mol. The van der Waals surface area contributed by atoms with Crippen molar-refractivity contribution in [3.8, 4) is 5.40 Å². The molecule has 0 rings (SSSR count). The maximum atomic E-state index is 8.19. The molecule has 1 nitrogen and oxygen atoms in total. The van der Waals surface area contributed by atoms with E-state index in [2.05, 4.69) is 13.2 Å². The Labute approximate surface area is 65.7 Å². The fourth-order valence-corrected chi connectivity index (χ4v) is 0.845. The van der Waals surface area contributed by atoms with Crippen molar-refractivity contribution in [3.05, 3.63) is 36.3 Å². The van der Waals surface area contributed by atoms with Gasteiger partial charge in [-0.15, -0.1) is 6.58 Å². The van der Waals surface area contributed by atoms with E-state index in [9.17, 15) is 0 Å². The first-order chi connectivity index (χ1) is 4.85. The fraction of sp³-hybridized carbons (Fsp3) is 0.125. The molecule has 0 amide bonds. The third kappa shape index (κ3) is 3.99. The molecular weight excluding hydrogens is 142 g/mol. The van der Waals surface area contributed by atoms with Gasteiger partial charge < -0.3 is 0 Å². The first-order valence-electron chi connectivity index (χ1n) is 2.82. The molecule has 0 unspecified atom stereocenters. The van der Waals surface area contributed by atoms with Crippen LogP contribution in [0.5, 0.6) is 0 Å². The van der Waals surface area contributed by atoms with Gasteiger partial charge in [0.2, 0.25) is 0 Å². The summed E-state index contributed by atoms with van der Waals surface area (Å²) in [4.78, 5) is 0. The summed E-state index contributed by atoms with van der Waals surface area (Å²) in [7, 11) is 0. The zero-order chi connectivity index (χ0) is 7.82. The Morgan fingerprint density at radius 2 is 2.30 bits per heavy atom. The highest BCUT2D eigenvalue weighted by molar-refractivity contribution is 8.06. The van der Waals surface area contributed by atoms with Gasteiger partial charge in [0.15, 0.2) is 0 Å². The van der Waals surface area contributed by atoms with Crippen molar-refractivity contribution in [1.82, 2.24) is 0 Å². The molecule has 52 valence electrons. The normalized spacial score (nSPS) is 10.1. The van der Waals surface area contributed by atoms with Crippen molar-refractivity contribution in [2.45, 2.75) is 6.42 Å². The second-order valence-electron chi connectivity index (χ2n) is 1.60. The Morgan fingerprint density at radius 3 is 2.70 bits per heavy atom. The standard InChI is InChI=1S/C8H9NS/c1-3-5-8(4-2)6-10-7-9/h3-4,6H,1-2,5H2/b8-6+. The summed E-state index contributed by atoms with van der Waals surface area (Å²) in [6.45, 7) is 7.17. The number of thioether (sulfide) groups is 1. The maximum Gasteiger partial charge on any atom is 0.137 e. The molecule has 0 heterocycles. The van der Waals surface area contributed by atoms with Crippen LogP contribution in [0.2, 0.25) is 0 Å². The summed E-state index contributed by atoms with van der Waals surface area (Å²) < 4.78 is 0. The van der Waals surface area contributed by atoms with Crippen molar-refractivity contribution in [3.63, 3.8) is 0 Å². The lowest BCUT2D eigenvalue weighted by atomic mass is 10.2. The van der Waals surface area contributed by atoms with Gasteiger partial charge in [-0.1, -0.05) is 18.7 Å². The van der Waals surface area contributed by atoms with E-state index < -0.39 is 0 Å². The highest BCUT2D eigenvalue weighted by Crippen LogP contribution is 2.09. The molecule has 2 heteroatoms. The lowest BCUT2D eigenvalue weighted by Crippen LogP contribution is -1.70. The van der Waals surface area contributed by atoms with Gasteiger partial charge in [0.05, 0.1) is 0 Å². The molecule has 0 aliphatic heterocycles. The van der Waals surface area contributed by atoms with E-state index in [1.807, 2.05) is 5.40 Å². The van der Waals surface area contributed by atoms with E-state index in [4.69, 9.17) is 5.26 Å². The van der Waals surface area contributed by atoms with Crippen LogP contribution in [0, 0.1) is 10.7 Å². The van der Waals surface area contributed by atoms with E-state index in [0.717, 1.165) is 23.8 Å². The van der Waals surface area contributed by atoms with Crippen LogP contribution in [-0.2, 0) is 0 Å². The second kappa shape index (κ2) is 6.18. The monoisotopic (exact) mass is 151 g/mol. The molecule has 0 aromatic carbocycles. The molecule has 0 fully saturated rings. The summed E-state index contributed by atoms with van der Waals surface area (Å²) >= 11 is 1.11. The SMILES string of the molecule is C=CC/C(C=C)=C/SC#N. The molecule has 0 saturated carbocycles. The second-order valence-corrected chi connectivity index (χ2v) is 2.25. The first-order valence-corrected chi connectivity index (χ1v) is 3.70. The van der Waals surface area contributed by atoms with Crippen molar-refractivity contribution in [2.24, 2.45) is 0 Å². The van der Waals surface area contributed by atoms with Gasteiger partial charge in [-0.2, -0.15) is 5.26 Å². The predicted molar refractivity (Wildman–Crippen MR) is 46.3 cm³/mol. The molecule has 0 aliphatic carbocycles. The van der Waals surface area contributed by atoms with Gasteiger partial charge in [0.25, 0.3) is 0 Å². The summed E-state index contributed by atoms with van der Waals surface area (Å²) in [5.41, 5.74) is 1.03. The summed E-state index contributed by atoms with van der Waals surface area (Å²) in [6, 6.07) is 0.